The molecule has 0 bridgehead atoms. The first-order valence-electron chi connectivity index (χ1n) is 6.14. The summed E-state index contributed by atoms with van der Waals surface area (Å²) >= 11 is 4.82. The van der Waals surface area contributed by atoms with Gasteiger partial charge in [-0.2, -0.15) is 0 Å². The zero-order chi connectivity index (χ0) is 14.1. The summed E-state index contributed by atoms with van der Waals surface area (Å²) < 4.78 is 13.6. The fourth-order valence-electron chi connectivity index (χ4n) is 2.13. The number of anilines is 1. The summed E-state index contributed by atoms with van der Waals surface area (Å²) in [6.07, 6.45) is 0.728. The Labute approximate surface area is 128 Å². The highest BCUT2D eigenvalue weighted by molar-refractivity contribution is 9.10. The molecule has 1 N–H and O–H groups in total. The number of thioether (sulfide) groups is 1. The van der Waals surface area contributed by atoms with Gasteiger partial charge in [0.25, 0.3) is 0 Å². The van der Waals surface area contributed by atoms with E-state index in [-0.39, 0.29) is 17.0 Å². The van der Waals surface area contributed by atoms with Crippen LogP contribution >= 0.6 is 27.7 Å². The Kier molecular flexibility index (Phi) is 3.81. The van der Waals surface area contributed by atoms with Crippen molar-refractivity contribution in [3.8, 4) is 0 Å². The molecule has 2 aromatic carbocycles. The van der Waals surface area contributed by atoms with E-state index in [1.807, 2.05) is 24.3 Å². The number of halogens is 2. The molecular formula is C15H11BrFNOS. The topological polar surface area (TPSA) is 29.1 Å². The van der Waals surface area contributed by atoms with E-state index in [1.165, 1.54) is 17.7 Å². The summed E-state index contributed by atoms with van der Waals surface area (Å²) in [6.45, 7) is 0. The van der Waals surface area contributed by atoms with Crippen LogP contribution in [-0.2, 0) is 11.2 Å². The molecule has 102 valence electrons. The zero-order valence-electron chi connectivity index (χ0n) is 10.4. The van der Waals surface area contributed by atoms with Crippen LogP contribution < -0.4 is 5.32 Å². The minimum absolute atomic E-state index is 0.0569. The van der Waals surface area contributed by atoms with E-state index >= 15 is 0 Å². The molecule has 0 radical (unpaired) electrons. The zero-order valence-corrected chi connectivity index (χ0v) is 12.8. The number of carbonyl (C=O) groups is 1. The van der Waals surface area contributed by atoms with Crippen molar-refractivity contribution in [1.82, 2.24) is 0 Å². The van der Waals surface area contributed by atoms with Crippen LogP contribution in [0, 0.1) is 5.82 Å². The number of hydrogen-bond acceptors (Lipinski definition) is 2. The van der Waals surface area contributed by atoms with Crippen LogP contribution in [0.1, 0.15) is 5.56 Å². The number of carbonyl (C=O) groups excluding carboxylic acids is 1. The molecular weight excluding hydrogens is 341 g/mol. The summed E-state index contributed by atoms with van der Waals surface area (Å²) in [6, 6.07) is 12.3. The Morgan fingerprint density at radius 2 is 2.10 bits per heavy atom. The quantitative estimate of drug-likeness (QED) is 0.876. The van der Waals surface area contributed by atoms with Crippen LogP contribution in [0.4, 0.5) is 10.1 Å². The van der Waals surface area contributed by atoms with Crippen molar-refractivity contribution in [1.29, 1.82) is 0 Å². The van der Waals surface area contributed by atoms with Crippen LogP contribution in [0.15, 0.2) is 51.8 Å². The molecule has 2 nitrogen and oxygen atoms in total. The van der Waals surface area contributed by atoms with E-state index in [0.717, 1.165) is 11.3 Å². The minimum Gasteiger partial charge on any atom is -0.324 e. The fraction of sp³-hybridized carbons (Fsp3) is 0.133. The highest BCUT2D eigenvalue weighted by Crippen LogP contribution is 2.37. The third-order valence-electron chi connectivity index (χ3n) is 3.13. The molecule has 0 aliphatic carbocycles. The first-order valence-corrected chi connectivity index (χ1v) is 7.81. The monoisotopic (exact) mass is 351 g/mol. The van der Waals surface area contributed by atoms with E-state index in [2.05, 4.69) is 21.2 Å². The van der Waals surface area contributed by atoms with E-state index in [4.69, 9.17) is 0 Å². The Bertz CT molecular complexity index is 652. The van der Waals surface area contributed by atoms with E-state index in [9.17, 15) is 9.18 Å². The lowest BCUT2D eigenvalue weighted by Gasteiger charge is -2.11. The molecule has 3 rings (SSSR count). The molecule has 1 heterocycles. The van der Waals surface area contributed by atoms with Crippen LogP contribution in [-0.4, -0.2) is 11.2 Å². The number of fused-ring (bicyclic) bond motifs is 1. The first-order chi connectivity index (χ1) is 9.63. The highest BCUT2D eigenvalue weighted by Gasteiger charge is 2.28. The SMILES string of the molecule is O=C(Nc1ccc(F)cc1Br)C1Cc2ccccc2S1. The van der Waals surface area contributed by atoms with Gasteiger partial charge >= 0.3 is 0 Å². The fourth-order valence-corrected chi connectivity index (χ4v) is 3.78. The van der Waals surface area contributed by atoms with Gasteiger partial charge in [-0.15, -0.1) is 11.8 Å². The van der Waals surface area contributed by atoms with E-state index in [1.54, 1.807) is 17.8 Å². The molecule has 0 spiro atoms. The molecule has 20 heavy (non-hydrogen) atoms. The molecule has 1 aliphatic heterocycles. The summed E-state index contributed by atoms with van der Waals surface area (Å²) in [5.74, 6) is -0.393. The predicted molar refractivity (Wildman–Crippen MR) is 82.5 cm³/mol. The van der Waals surface area contributed by atoms with Gasteiger partial charge in [-0.3, -0.25) is 4.79 Å². The lowest BCUT2D eigenvalue weighted by molar-refractivity contribution is -0.115. The van der Waals surface area contributed by atoms with Crippen molar-refractivity contribution in [3.63, 3.8) is 0 Å². The highest BCUT2D eigenvalue weighted by atomic mass is 79.9. The van der Waals surface area contributed by atoms with Gasteiger partial charge in [0.15, 0.2) is 0 Å². The van der Waals surface area contributed by atoms with Crippen molar-refractivity contribution in [2.45, 2.75) is 16.6 Å². The Balaban J connectivity index is 1.72. The second-order valence-corrected chi connectivity index (χ2v) is 6.63. The van der Waals surface area contributed by atoms with Crippen molar-refractivity contribution < 1.29 is 9.18 Å². The van der Waals surface area contributed by atoms with Crippen molar-refractivity contribution in [3.05, 3.63) is 58.3 Å². The van der Waals surface area contributed by atoms with Crippen molar-refractivity contribution in [2.24, 2.45) is 0 Å². The van der Waals surface area contributed by atoms with Gasteiger partial charge in [-0.05, 0) is 52.2 Å². The molecule has 5 heteroatoms. The lowest BCUT2D eigenvalue weighted by atomic mass is 10.1. The maximum atomic E-state index is 13.0. The number of rotatable bonds is 2. The third-order valence-corrected chi connectivity index (χ3v) is 5.10. The summed E-state index contributed by atoms with van der Waals surface area (Å²) in [7, 11) is 0. The normalized spacial score (nSPS) is 16.8. The van der Waals surface area contributed by atoms with Gasteiger partial charge < -0.3 is 5.32 Å². The molecule has 0 fully saturated rings. The number of amides is 1. The van der Waals surface area contributed by atoms with Crippen molar-refractivity contribution in [2.75, 3.05) is 5.32 Å². The third kappa shape index (κ3) is 2.74. The predicted octanol–water partition coefficient (Wildman–Crippen LogP) is 4.24. The van der Waals surface area contributed by atoms with Crippen LogP contribution in [0.2, 0.25) is 0 Å². The average molecular weight is 352 g/mol. The first kappa shape index (κ1) is 13.6. The maximum Gasteiger partial charge on any atom is 0.238 e. The van der Waals surface area contributed by atoms with Crippen LogP contribution in [0.5, 0.6) is 0 Å². The number of benzene rings is 2. The van der Waals surface area contributed by atoms with Gasteiger partial charge in [0.2, 0.25) is 5.91 Å². The molecule has 0 aromatic heterocycles. The summed E-state index contributed by atoms with van der Waals surface area (Å²) in [4.78, 5) is 13.4. The molecule has 1 unspecified atom stereocenters. The lowest BCUT2D eigenvalue weighted by Crippen LogP contribution is -2.24. The van der Waals surface area contributed by atoms with Crippen LogP contribution in [0.3, 0.4) is 0 Å². The summed E-state index contributed by atoms with van der Waals surface area (Å²) in [5, 5.41) is 2.71. The molecule has 2 aromatic rings. The molecule has 1 aliphatic rings. The standard InChI is InChI=1S/C15H11BrFNOS/c16-11-8-10(17)5-6-12(11)18-15(19)14-7-9-3-1-2-4-13(9)20-14/h1-6,8,14H,7H2,(H,18,19). The molecule has 1 atom stereocenters. The Morgan fingerprint density at radius 3 is 2.85 bits per heavy atom. The second-order valence-electron chi connectivity index (χ2n) is 4.53. The van der Waals surface area contributed by atoms with Gasteiger partial charge in [0, 0.05) is 9.37 Å². The largest absolute Gasteiger partial charge is 0.324 e. The van der Waals surface area contributed by atoms with Gasteiger partial charge in [-0.25, -0.2) is 4.39 Å². The van der Waals surface area contributed by atoms with E-state index < -0.39 is 0 Å². The summed E-state index contributed by atoms with van der Waals surface area (Å²) in [5.41, 5.74) is 1.80. The van der Waals surface area contributed by atoms with Gasteiger partial charge in [0.05, 0.1) is 10.9 Å². The number of nitrogens with one attached hydrogen (secondary N) is 1. The van der Waals surface area contributed by atoms with Crippen molar-refractivity contribution >= 4 is 39.3 Å². The smallest absolute Gasteiger partial charge is 0.238 e. The second kappa shape index (κ2) is 5.58. The Hall–Kier alpha value is -1.33. The van der Waals surface area contributed by atoms with Gasteiger partial charge in [0.1, 0.15) is 5.82 Å². The number of hydrogen-bond donors (Lipinski definition) is 1. The molecule has 0 saturated carbocycles. The molecule has 1 amide bonds. The minimum atomic E-state index is -0.336. The average Bonchev–Trinajstić information content (AvgIpc) is 2.86. The van der Waals surface area contributed by atoms with Gasteiger partial charge in [-0.1, -0.05) is 18.2 Å². The Morgan fingerprint density at radius 1 is 1.30 bits per heavy atom. The van der Waals surface area contributed by atoms with E-state index in [0.29, 0.717) is 10.2 Å². The maximum absolute atomic E-state index is 13.0. The van der Waals surface area contributed by atoms with Crippen LogP contribution in [0.25, 0.3) is 0 Å². The molecule has 0 saturated heterocycles.